The van der Waals surface area contributed by atoms with Crippen LogP contribution in [0.15, 0.2) is 54.0 Å². The lowest BCUT2D eigenvalue weighted by molar-refractivity contribution is 1.31. The molecule has 0 amide bonds. The van der Waals surface area contributed by atoms with Crippen LogP contribution in [0.5, 0.6) is 0 Å². The van der Waals surface area contributed by atoms with Crippen molar-refractivity contribution in [1.29, 1.82) is 0 Å². The summed E-state index contributed by atoms with van der Waals surface area (Å²) >= 11 is 1.62. The Morgan fingerprint density at radius 3 is 1.90 bits per heavy atom. The fourth-order valence-corrected chi connectivity index (χ4v) is 4.22. The maximum atomic E-state index is 4.74. The van der Waals surface area contributed by atoms with Crippen LogP contribution in [0.1, 0.15) is 22.8 Å². The molecule has 6 rings (SSSR count). The van der Waals surface area contributed by atoms with Gasteiger partial charge >= 0.3 is 0 Å². The Kier molecular flexibility index (Phi) is 3.57. The number of H-pyrrole nitrogens is 2. The Labute approximate surface area is 170 Å². The van der Waals surface area contributed by atoms with E-state index >= 15 is 0 Å². The maximum absolute atomic E-state index is 4.74. The van der Waals surface area contributed by atoms with Gasteiger partial charge in [-0.2, -0.15) is 0 Å². The Morgan fingerprint density at radius 2 is 1.28 bits per heavy atom. The van der Waals surface area contributed by atoms with Crippen LogP contribution in [-0.2, 0) is 0 Å². The number of fused-ring (bicyclic) bond motifs is 8. The van der Waals surface area contributed by atoms with Crippen molar-refractivity contribution in [2.75, 3.05) is 0 Å². The molecule has 0 saturated heterocycles. The molecular formula is C23H15N5S. The predicted octanol–water partition coefficient (Wildman–Crippen LogP) is 5.78. The van der Waals surface area contributed by atoms with Gasteiger partial charge < -0.3 is 9.97 Å². The average Bonchev–Trinajstić information content (AvgIpc) is 3.50. The molecule has 2 N–H and O–H groups in total. The van der Waals surface area contributed by atoms with E-state index in [-0.39, 0.29) is 0 Å². The van der Waals surface area contributed by atoms with Crippen molar-refractivity contribution in [3.63, 3.8) is 0 Å². The summed E-state index contributed by atoms with van der Waals surface area (Å²) in [6.07, 6.45) is 9.93. The van der Waals surface area contributed by atoms with E-state index in [2.05, 4.69) is 45.3 Å². The van der Waals surface area contributed by atoms with E-state index in [9.17, 15) is 0 Å². The number of thiazole rings is 1. The second kappa shape index (κ2) is 6.39. The number of nitrogens with zero attached hydrogens (tertiary/aromatic N) is 3. The molecule has 6 heteroatoms. The van der Waals surface area contributed by atoms with Gasteiger partial charge in [-0.1, -0.05) is 0 Å². The van der Waals surface area contributed by atoms with Gasteiger partial charge in [-0.25, -0.2) is 15.0 Å². The molecule has 2 aliphatic heterocycles. The van der Waals surface area contributed by atoms with Crippen LogP contribution in [0.2, 0.25) is 0 Å². The van der Waals surface area contributed by atoms with Crippen molar-refractivity contribution in [2.45, 2.75) is 0 Å². The van der Waals surface area contributed by atoms with Crippen LogP contribution >= 0.6 is 11.3 Å². The summed E-state index contributed by atoms with van der Waals surface area (Å²) < 4.78 is 0. The van der Waals surface area contributed by atoms with Crippen molar-refractivity contribution < 1.29 is 0 Å². The van der Waals surface area contributed by atoms with Crippen molar-refractivity contribution in [3.8, 4) is 10.6 Å². The second-order valence-corrected chi connectivity index (χ2v) is 7.82. The molecule has 0 fully saturated rings. The minimum absolute atomic E-state index is 0.904. The van der Waals surface area contributed by atoms with Crippen LogP contribution in [0.25, 0.3) is 56.9 Å². The normalized spacial score (nSPS) is 12.6. The molecule has 0 spiro atoms. The standard InChI is InChI=1S/C23H15N5S/c1-2-15-10-17-5-6-19(27-17)13-22-21(23-24-7-8-29-23)12-20(28-22)11-18-4-3-16(26-18)9-14(1)25-15/h1-13,25,28H. The highest BCUT2D eigenvalue weighted by molar-refractivity contribution is 7.13. The van der Waals surface area contributed by atoms with Crippen molar-refractivity contribution in [2.24, 2.45) is 0 Å². The molecule has 4 aromatic rings. The average molecular weight is 393 g/mol. The highest BCUT2D eigenvalue weighted by atomic mass is 32.1. The lowest BCUT2D eigenvalue weighted by Crippen LogP contribution is -1.76. The van der Waals surface area contributed by atoms with E-state index in [0.29, 0.717) is 0 Å². The highest BCUT2D eigenvalue weighted by Gasteiger charge is 2.08. The molecule has 0 radical (unpaired) electrons. The molecule has 29 heavy (non-hydrogen) atoms. The molecule has 0 saturated carbocycles. The van der Waals surface area contributed by atoms with Gasteiger partial charge in [-0.05, 0) is 66.8 Å². The smallest absolute Gasteiger partial charge is 0.125 e. The molecule has 5 nitrogen and oxygen atoms in total. The molecule has 4 aromatic heterocycles. The first kappa shape index (κ1) is 16.2. The van der Waals surface area contributed by atoms with Crippen LogP contribution in [-0.4, -0.2) is 24.9 Å². The highest BCUT2D eigenvalue weighted by Crippen LogP contribution is 2.29. The Bertz CT molecular complexity index is 1450. The molecule has 0 atom stereocenters. The maximum Gasteiger partial charge on any atom is 0.125 e. The van der Waals surface area contributed by atoms with E-state index in [0.717, 1.165) is 55.4 Å². The van der Waals surface area contributed by atoms with Gasteiger partial charge in [0.05, 0.1) is 28.3 Å². The van der Waals surface area contributed by atoms with Gasteiger partial charge in [0, 0.05) is 33.7 Å². The Balaban J connectivity index is 1.69. The first-order valence-electron chi connectivity index (χ1n) is 9.27. The number of hydrogen-bond acceptors (Lipinski definition) is 4. The van der Waals surface area contributed by atoms with Gasteiger partial charge in [0.25, 0.3) is 0 Å². The number of aromatic nitrogens is 5. The van der Waals surface area contributed by atoms with Crippen molar-refractivity contribution in [1.82, 2.24) is 24.9 Å². The summed E-state index contributed by atoms with van der Waals surface area (Å²) in [7, 11) is 0. The predicted molar refractivity (Wildman–Crippen MR) is 120 cm³/mol. The summed E-state index contributed by atoms with van der Waals surface area (Å²) in [6, 6.07) is 14.4. The molecule has 8 bridgehead atoms. The first-order valence-corrected chi connectivity index (χ1v) is 10.1. The minimum Gasteiger partial charge on any atom is -0.355 e. The molecule has 0 aliphatic carbocycles. The van der Waals surface area contributed by atoms with Gasteiger partial charge in [-0.15, -0.1) is 11.3 Å². The van der Waals surface area contributed by atoms with Gasteiger partial charge in [0.1, 0.15) is 5.01 Å². The van der Waals surface area contributed by atoms with E-state index in [4.69, 9.17) is 9.97 Å². The lowest BCUT2D eigenvalue weighted by atomic mass is 10.2. The summed E-state index contributed by atoms with van der Waals surface area (Å²) in [4.78, 5) is 20.8. The van der Waals surface area contributed by atoms with E-state index in [1.165, 1.54) is 0 Å². The van der Waals surface area contributed by atoms with Crippen LogP contribution in [0.3, 0.4) is 0 Å². The van der Waals surface area contributed by atoms with Gasteiger partial charge in [0.15, 0.2) is 0 Å². The third-order valence-electron chi connectivity index (χ3n) is 4.83. The summed E-state index contributed by atoms with van der Waals surface area (Å²) in [6.45, 7) is 0. The SMILES string of the molecule is C1=Cc2cc3cc(-c4nccs4)c(cc4nc(cc5ccc(cc1n2)[nH]5)C=C4)[nH]3. The van der Waals surface area contributed by atoms with Crippen LogP contribution in [0.4, 0.5) is 0 Å². The van der Waals surface area contributed by atoms with Gasteiger partial charge in [-0.3, -0.25) is 0 Å². The zero-order valence-electron chi connectivity index (χ0n) is 15.3. The fourth-order valence-electron chi connectivity index (χ4n) is 3.55. The van der Waals surface area contributed by atoms with Crippen molar-refractivity contribution in [3.05, 3.63) is 76.8 Å². The lowest BCUT2D eigenvalue weighted by Gasteiger charge is -1.91. The van der Waals surface area contributed by atoms with E-state index in [1.54, 1.807) is 11.3 Å². The molecule has 0 aromatic carbocycles. The molecule has 2 aliphatic rings. The Hall–Kier alpha value is -3.77. The Morgan fingerprint density at radius 1 is 0.655 bits per heavy atom. The number of hydrogen-bond donors (Lipinski definition) is 2. The minimum atomic E-state index is 0.904. The van der Waals surface area contributed by atoms with Crippen LogP contribution in [0, 0.1) is 0 Å². The van der Waals surface area contributed by atoms with Gasteiger partial charge in [0.2, 0.25) is 0 Å². The largest absolute Gasteiger partial charge is 0.355 e. The van der Waals surface area contributed by atoms with E-state index < -0.39 is 0 Å². The quantitative estimate of drug-likeness (QED) is 0.372. The summed E-state index contributed by atoms with van der Waals surface area (Å²) in [5.74, 6) is 0. The summed E-state index contributed by atoms with van der Waals surface area (Å²) in [5, 5.41) is 2.97. The third kappa shape index (κ3) is 3.09. The number of rotatable bonds is 1. The zero-order chi connectivity index (χ0) is 19.2. The number of aromatic amines is 2. The molecular weight excluding hydrogens is 378 g/mol. The fraction of sp³-hybridized carbons (Fsp3) is 0. The summed E-state index contributed by atoms with van der Waals surface area (Å²) in [5.41, 5.74) is 8.72. The monoisotopic (exact) mass is 393 g/mol. The number of nitrogens with one attached hydrogen (secondary N) is 2. The topological polar surface area (TPSA) is 70.2 Å². The second-order valence-electron chi connectivity index (χ2n) is 6.93. The third-order valence-corrected chi connectivity index (χ3v) is 5.64. The zero-order valence-corrected chi connectivity index (χ0v) is 16.1. The van der Waals surface area contributed by atoms with Crippen molar-refractivity contribution >= 4 is 57.7 Å². The molecule has 138 valence electrons. The molecule has 6 heterocycles. The van der Waals surface area contributed by atoms with E-state index in [1.807, 2.05) is 48.0 Å². The first-order chi connectivity index (χ1) is 14.3. The van der Waals surface area contributed by atoms with Crippen LogP contribution < -0.4 is 0 Å². The molecule has 0 unspecified atom stereocenters.